The van der Waals surface area contributed by atoms with Crippen LogP contribution in [0.1, 0.15) is 37.2 Å². The molecule has 0 aliphatic rings. The van der Waals surface area contributed by atoms with E-state index in [-0.39, 0.29) is 11.8 Å². The van der Waals surface area contributed by atoms with Crippen LogP contribution >= 0.6 is 0 Å². The van der Waals surface area contributed by atoms with Crippen LogP contribution in [-0.2, 0) is 0 Å². The summed E-state index contributed by atoms with van der Waals surface area (Å²) in [7, 11) is 4.68. The van der Waals surface area contributed by atoms with Gasteiger partial charge < -0.3 is 24.1 Å². The highest BCUT2D eigenvalue weighted by atomic mass is 16.5. The third kappa shape index (κ3) is 4.24. The van der Waals surface area contributed by atoms with Crippen LogP contribution in [0, 0.1) is 0 Å². The lowest BCUT2D eigenvalue weighted by Crippen LogP contribution is -2.04. The van der Waals surface area contributed by atoms with Gasteiger partial charge in [-0.25, -0.2) is 15.0 Å². The average molecular weight is 462 g/mol. The maximum atomic E-state index is 11.9. The highest BCUT2D eigenvalue weighted by molar-refractivity contribution is 5.95. The van der Waals surface area contributed by atoms with E-state index in [0.717, 1.165) is 5.56 Å². The van der Waals surface area contributed by atoms with Crippen molar-refractivity contribution >= 4 is 28.5 Å². The van der Waals surface area contributed by atoms with Crippen molar-refractivity contribution in [2.75, 3.05) is 26.6 Å². The zero-order valence-corrected chi connectivity index (χ0v) is 20.0. The Labute approximate surface area is 197 Å². The lowest BCUT2D eigenvalue weighted by atomic mass is 10.1. The summed E-state index contributed by atoms with van der Waals surface area (Å²) < 4.78 is 18.4. The molecule has 0 fully saturated rings. The number of ketones is 1. The molecule has 176 valence electrons. The fourth-order valence-corrected chi connectivity index (χ4v) is 3.68. The number of fused-ring (bicyclic) bond motifs is 1. The summed E-state index contributed by atoms with van der Waals surface area (Å²) in [4.78, 5) is 26.1. The van der Waals surface area contributed by atoms with E-state index in [0.29, 0.717) is 51.3 Å². The van der Waals surface area contributed by atoms with Gasteiger partial charge in [0, 0.05) is 35.0 Å². The Hall–Kier alpha value is -4.14. The molecule has 9 heteroatoms. The van der Waals surface area contributed by atoms with E-state index in [2.05, 4.69) is 24.1 Å². The Balaban J connectivity index is 1.89. The lowest BCUT2D eigenvalue weighted by molar-refractivity contribution is 0.101. The Bertz CT molecular complexity index is 1340. The van der Waals surface area contributed by atoms with Crippen molar-refractivity contribution < 1.29 is 19.0 Å². The van der Waals surface area contributed by atoms with Gasteiger partial charge in [0.15, 0.2) is 40.1 Å². The van der Waals surface area contributed by atoms with Crippen molar-refractivity contribution in [2.24, 2.45) is 0 Å². The molecule has 0 saturated carbocycles. The van der Waals surface area contributed by atoms with E-state index in [1.807, 2.05) is 16.7 Å². The van der Waals surface area contributed by atoms with Gasteiger partial charge in [0.1, 0.15) is 0 Å². The maximum Gasteiger partial charge on any atom is 0.203 e. The van der Waals surface area contributed by atoms with Crippen molar-refractivity contribution in [2.45, 2.75) is 26.8 Å². The number of hydrogen-bond donors (Lipinski definition) is 1. The molecule has 0 aliphatic carbocycles. The van der Waals surface area contributed by atoms with Crippen LogP contribution in [-0.4, -0.2) is 46.6 Å². The topological polar surface area (TPSA) is 100 Å². The Morgan fingerprint density at radius 3 is 2.29 bits per heavy atom. The smallest absolute Gasteiger partial charge is 0.203 e. The monoisotopic (exact) mass is 461 g/mol. The van der Waals surface area contributed by atoms with Crippen molar-refractivity contribution in [3.05, 3.63) is 48.3 Å². The molecule has 2 aromatic carbocycles. The van der Waals surface area contributed by atoms with E-state index in [9.17, 15) is 4.79 Å². The van der Waals surface area contributed by atoms with Crippen molar-refractivity contribution in [3.63, 3.8) is 0 Å². The summed E-state index contributed by atoms with van der Waals surface area (Å²) in [5.74, 6) is 2.49. The molecular formula is C25H27N5O4. The van der Waals surface area contributed by atoms with E-state index in [1.165, 1.54) is 6.92 Å². The van der Waals surface area contributed by atoms with Crippen LogP contribution in [0.25, 0.3) is 22.6 Å². The number of carbonyl (C=O) groups is 1. The Morgan fingerprint density at radius 2 is 1.71 bits per heavy atom. The molecule has 0 unspecified atom stereocenters. The zero-order valence-electron chi connectivity index (χ0n) is 20.0. The summed E-state index contributed by atoms with van der Waals surface area (Å²) >= 11 is 0. The Morgan fingerprint density at radius 1 is 1.00 bits per heavy atom. The molecule has 0 aliphatic heterocycles. The first kappa shape index (κ1) is 23.0. The number of Topliss-reactive ketones (excluding diaryl/α,β-unsaturated/α-hetero) is 1. The fourth-order valence-electron chi connectivity index (χ4n) is 3.68. The zero-order chi connectivity index (χ0) is 24.4. The normalized spacial score (nSPS) is 11.0. The summed E-state index contributed by atoms with van der Waals surface area (Å²) in [5.41, 5.74) is 3.31. The first-order valence-electron chi connectivity index (χ1n) is 10.8. The second-order valence-electron chi connectivity index (χ2n) is 7.99. The van der Waals surface area contributed by atoms with Gasteiger partial charge >= 0.3 is 0 Å². The van der Waals surface area contributed by atoms with Crippen molar-refractivity contribution in [1.82, 2.24) is 19.5 Å². The molecule has 9 nitrogen and oxygen atoms in total. The first-order chi connectivity index (χ1) is 16.4. The van der Waals surface area contributed by atoms with Crippen molar-refractivity contribution in [1.29, 1.82) is 0 Å². The number of nitrogens with one attached hydrogen (secondary N) is 1. The molecule has 0 spiro atoms. The predicted octanol–water partition coefficient (Wildman–Crippen LogP) is 5.05. The van der Waals surface area contributed by atoms with Crippen LogP contribution in [0.4, 0.5) is 11.5 Å². The number of methoxy groups -OCH3 is 3. The maximum absolute atomic E-state index is 11.9. The van der Waals surface area contributed by atoms with E-state index in [1.54, 1.807) is 51.9 Å². The third-order valence-corrected chi connectivity index (χ3v) is 5.43. The number of nitrogens with zero attached hydrogens (tertiary/aromatic N) is 4. The van der Waals surface area contributed by atoms with E-state index in [4.69, 9.17) is 24.2 Å². The summed E-state index contributed by atoms with van der Waals surface area (Å²) in [6.45, 7) is 5.66. The first-order valence-corrected chi connectivity index (χ1v) is 10.8. The molecule has 1 N–H and O–H groups in total. The predicted molar refractivity (Wildman–Crippen MR) is 131 cm³/mol. The number of carbonyl (C=O) groups excluding carboxylic acids is 1. The van der Waals surface area contributed by atoms with Crippen LogP contribution in [0.15, 0.2) is 42.7 Å². The number of imidazole rings is 1. The number of hydrogen-bond acceptors (Lipinski definition) is 8. The second-order valence-corrected chi connectivity index (χ2v) is 7.99. The minimum absolute atomic E-state index is 0.0223. The largest absolute Gasteiger partial charge is 0.493 e. The minimum Gasteiger partial charge on any atom is -0.493 e. The summed E-state index contributed by atoms with van der Waals surface area (Å²) in [6.07, 6.45) is 1.75. The highest BCUT2D eigenvalue weighted by Crippen LogP contribution is 2.41. The molecule has 34 heavy (non-hydrogen) atoms. The van der Waals surface area contributed by atoms with Gasteiger partial charge in [0.05, 0.1) is 27.7 Å². The second kappa shape index (κ2) is 9.38. The quantitative estimate of drug-likeness (QED) is 0.364. The fraction of sp³-hybridized carbons (Fsp3) is 0.280. The molecule has 4 rings (SSSR count). The van der Waals surface area contributed by atoms with Crippen molar-refractivity contribution in [3.8, 4) is 28.6 Å². The van der Waals surface area contributed by atoms with Gasteiger partial charge in [-0.1, -0.05) is 18.2 Å². The van der Waals surface area contributed by atoms with Crippen LogP contribution in [0.3, 0.4) is 0 Å². The number of ether oxygens (including phenoxy) is 3. The van der Waals surface area contributed by atoms with Gasteiger partial charge in [0.25, 0.3) is 0 Å². The van der Waals surface area contributed by atoms with Gasteiger partial charge in [0.2, 0.25) is 5.75 Å². The molecule has 2 aromatic heterocycles. The number of rotatable bonds is 8. The van der Waals surface area contributed by atoms with E-state index < -0.39 is 0 Å². The molecule has 0 saturated heterocycles. The summed E-state index contributed by atoms with van der Waals surface area (Å²) in [5, 5.41) is 3.34. The SMILES string of the molecule is COc1cc(Nc2nc(-c3cccc(C(C)=O)c3)nc3c2ncn3C(C)C)cc(OC)c1OC. The number of aromatic nitrogens is 4. The van der Waals surface area contributed by atoms with Crippen LogP contribution in [0.2, 0.25) is 0 Å². The molecule has 0 radical (unpaired) electrons. The van der Waals surface area contributed by atoms with Gasteiger partial charge in [-0.3, -0.25) is 4.79 Å². The third-order valence-electron chi connectivity index (χ3n) is 5.43. The van der Waals surface area contributed by atoms with Crippen LogP contribution < -0.4 is 19.5 Å². The van der Waals surface area contributed by atoms with E-state index >= 15 is 0 Å². The van der Waals surface area contributed by atoms with Gasteiger partial charge in [-0.15, -0.1) is 0 Å². The Kier molecular flexibility index (Phi) is 6.36. The molecule has 4 aromatic rings. The lowest BCUT2D eigenvalue weighted by Gasteiger charge is -2.15. The van der Waals surface area contributed by atoms with Crippen LogP contribution in [0.5, 0.6) is 17.2 Å². The molecule has 0 bridgehead atoms. The standard InChI is InChI=1S/C25H27N5O4/c1-14(2)30-13-26-21-24(27-18-11-19(32-4)22(34-6)20(12-18)33-5)28-23(29-25(21)30)17-9-7-8-16(10-17)15(3)31/h7-14H,1-6H3,(H,27,28,29). The number of benzene rings is 2. The number of anilines is 2. The van der Waals surface area contributed by atoms with Gasteiger partial charge in [-0.2, -0.15) is 0 Å². The van der Waals surface area contributed by atoms with Gasteiger partial charge in [-0.05, 0) is 26.8 Å². The summed E-state index contributed by atoms with van der Waals surface area (Å²) in [6, 6.07) is 11.0. The molecule has 0 atom stereocenters. The molecule has 2 heterocycles. The average Bonchev–Trinajstić information content (AvgIpc) is 3.28. The minimum atomic E-state index is -0.0223. The highest BCUT2D eigenvalue weighted by Gasteiger charge is 2.19. The molecular weight excluding hydrogens is 434 g/mol. The molecule has 0 amide bonds.